The van der Waals surface area contributed by atoms with Gasteiger partial charge in [-0.3, -0.25) is 0 Å². The van der Waals surface area contributed by atoms with Crippen LogP contribution in [-0.2, 0) is 0 Å². The quantitative estimate of drug-likeness (QED) is 0.776. The van der Waals surface area contributed by atoms with Gasteiger partial charge >= 0.3 is 0 Å². The van der Waals surface area contributed by atoms with Crippen LogP contribution in [0.2, 0.25) is 0 Å². The first kappa shape index (κ1) is 12.5. The number of aryl methyl sites for hydroxylation is 1. The van der Waals surface area contributed by atoms with Crippen LogP contribution in [0.3, 0.4) is 0 Å². The van der Waals surface area contributed by atoms with Gasteiger partial charge in [0.2, 0.25) is 0 Å². The average Bonchev–Trinajstić information content (AvgIpc) is 2.20. The Bertz CT molecular complexity index is 300. The van der Waals surface area contributed by atoms with E-state index in [4.69, 9.17) is 0 Å². The van der Waals surface area contributed by atoms with Crippen molar-refractivity contribution in [3.63, 3.8) is 0 Å². The molecule has 0 bridgehead atoms. The third-order valence-electron chi connectivity index (χ3n) is 2.36. The maximum atomic E-state index is 3.46. The zero-order valence-corrected chi connectivity index (χ0v) is 11.0. The third-order valence-corrected chi connectivity index (χ3v) is 2.85. The first-order chi connectivity index (χ1) is 7.24. The number of anilines is 1. The van der Waals surface area contributed by atoms with Gasteiger partial charge in [-0.2, -0.15) is 0 Å². The van der Waals surface area contributed by atoms with E-state index in [1.807, 2.05) is 7.05 Å². The summed E-state index contributed by atoms with van der Waals surface area (Å²) < 4.78 is 1.14. The number of hydrogen-bond donors (Lipinski definition) is 2. The van der Waals surface area contributed by atoms with Crippen molar-refractivity contribution in [3.8, 4) is 0 Å². The molecular weight excluding hydrogens is 252 g/mol. The summed E-state index contributed by atoms with van der Waals surface area (Å²) in [6.45, 7) is 4.27. The van der Waals surface area contributed by atoms with Crippen molar-refractivity contribution in [1.82, 2.24) is 5.32 Å². The molecule has 1 aromatic carbocycles. The molecule has 0 aliphatic rings. The number of hydrogen-bond acceptors (Lipinski definition) is 2. The Labute approximate surface area is 101 Å². The van der Waals surface area contributed by atoms with Gasteiger partial charge in [-0.25, -0.2) is 0 Å². The molecule has 2 nitrogen and oxygen atoms in total. The molecule has 0 aliphatic heterocycles. The molecule has 0 amide bonds. The molecule has 2 N–H and O–H groups in total. The fourth-order valence-corrected chi connectivity index (χ4v) is 1.95. The molecule has 0 heterocycles. The molecular formula is C12H19BrN2. The van der Waals surface area contributed by atoms with E-state index < -0.39 is 0 Å². The van der Waals surface area contributed by atoms with E-state index in [2.05, 4.69) is 51.7 Å². The zero-order chi connectivity index (χ0) is 11.1. The van der Waals surface area contributed by atoms with E-state index in [-0.39, 0.29) is 0 Å². The van der Waals surface area contributed by atoms with Crippen molar-refractivity contribution in [2.75, 3.05) is 25.5 Å². The zero-order valence-electron chi connectivity index (χ0n) is 9.44. The van der Waals surface area contributed by atoms with Crippen LogP contribution < -0.4 is 10.6 Å². The van der Waals surface area contributed by atoms with Crippen molar-refractivity contribution in [3.05, 3.63) is 28.2 Å². The molecule has 0 radical (unpaired) electrons. The first-order valence-corrected chi connectivity index (χ1v) is 6.18. The Balaban J connectivity index is 2.31. The lowest BCUT2D eigenvalue weighted by molar-refractivity contribution is 0.694. The van der Waals surface area contributed by atoms with Crippen LogP contribution in [0.15, 0.2) is 22.7 Å². The van der Waals surface area contributed by atoms with Crippen molar-refractivity contribution in [2.24, 2.45) is 0 Å². The fourth-order valence-electron chi connectivity index (χ4n) is 1.48. The Kier molecular flexibility index (Phi) is 5.73. The molecule has 0 saturated carbocycles. The summed E-state index contributed by atoms with van der Waals surface area (Å²) in [5.74, 6) is 0. The van der Waals surface area contributed by atoms with Crippen LogP contribution in [0.5, 0.6) is 0 Å². The van der Waals surface area contributed by atoms with Gasteiger partial charge in [0.15, 0.2) is 0 Å². The van der Waals surface area contributed by atoms with Crippen LogP contribution in [-0.4, -0.2) is 20.1 Å². The molecule has 0 atom stereocenters. The van der Waals surface area contributed by atoms with E-state index in [1.54, 1.807) is 0 Å². The Morgan fingerprint density at radius 1 is 1.20 bits per heavy atom. The minimum atomic E-state index is 1.05. The predicted octanol–water partition coefficient (Wildman–Crippen LogP) is 3.17. The van der Waals surface area contributed by atoms with Gasteiger partial charge in [0.1, 0.15) is 0 Å². The minimum Gasteiger partial charge on any atom is -0.385 e. The van der Waals surface area contributed by atoms with Crippen molar-refractivity contribution in [2.45, 2.75) is 19.8 Å². The molecule has 1 rings (SSSR count). The summed E-state index contributed by atoms with van der Waals surface area (Å²) in [6, 6.07) is 6.33. The van der Waals surface area contributed by atoms with Crippen LogP contribution in [0, 0.1) is 6.92 Å². The van der Waals surface area contributed by atoms with Crippen molar-refractivity contribution < 1.29 is 0 Å². The van der Waals surface area contributed by atoms with Crippen molar-refractivity contribution >= 4 is 21.6 Å². The largest absolute Gasteiger partial charge is 0.385 e. The van der Waals surface area contributed by atoms with Crippen LogP contribution in [0.25, 0.3) is 0 Å². The monoisotopic (exact) mass is 270 g/mol. The van der Waals surface area contributed by atoms with Gasteiger partial charge in [0.05, 0.1) is 0 Å². The van der Waals surface area contributed by atoms with E-state index in [9.17, 15) is 0 Å². The fraction of sp³-hybridized carbons (Fsp3) is 0.500. The van der Waals surface area contributed by atoms with E-state index in [0.717, 1.165) is 17.6 Å². The molecule has 0 saturated heterocycles. The van der Waals surface area contributed by atoms with Crippen LogP contribution in [0.1, 0.15) is 18.4 Å². The molecule has 3 heteroatoms. The second-order valence-electron chi connectivity index (χ2n) is 3.70. The van der Waals surface area contributed by atoms with Gasteiger partial charge in [0, 0.05) is 16.7 Å². The maximum Gasteiger partial charge on any atom is 0.0370 e. The lowest BCUT2D eigenvalue weighted by Crippen LogP contribution is -2.10. The van der Waals surface area contributed by atoms with Crippen LogP contribution in [0.4, 0.5) is 5.69 Å². The predicted molar refractivity (Wildman–Crippen MR) is 70.5 cm³/mol. The molecule has 0 unspecified atom stereocenters. The highest BCUT2D eigenvalue weighted by Gasteiger charge is 1.97. The van der Waals surface area contributed by atoms with Gasteiger partial charge in [-0.05, 0) is 57.1 Å². The number of nitrogens with one attached hydrogen (secondary N) is 2. The summed E-state index contributed by atoms with van der Waals surface area (Å²) in [4.78, 5) is 0. The molecule has 0 aliphatic carbocycles. The number of unbranched alkanes of at least 4 members (excludes halogenated alkanes) is 1. The Hall–Kier alpha value is -0.540. The Morgan fingerprint density at radius 3 is 2.60 bits per heavy atom. The van der Waals surface area contributed by atoms with Gasteiger partial charge in [-0.1, -0.05) is 15.9 Å². The summed E-state index contributed by atoms with van der Waals surface area (Å²) in [7, 11) is 1.99. The topological polar surface area (TPSA) is 24.1 Å². The van der Waals surface area contributed by atoms with Gasteiger partial charge in [0.25, 0.3) is 0 Å². The summed E-state index contributed by atoms with van der Waals surface area (Å²) in [5, 5.41) is 6.60. The summed E-state index contributed by atoms with van der Waals surface area (Å²) in [6.07, 6.45) is 2.43. The number of halogens is 1. The second-order valence-corrected chi connectivity index (χ2v) is 4.61. The molecule has 0 fully saturated rings. The summed E-state index contributed by atoms with van der Waals surface area (Å²) >= 11 is 3.46. The normalized spacial score (nSPS) is 10.3. The van der Waals surface area contributed by atoms with E-state index in [1.165, 1.54) is 24.1 Å². The van der Waals surface area contributed by atoms with E-state index >= 15 is 0 Å². The number of rotatable bonds is 6. The molecule has 0 aromatic heterocycles. The minimum absolute atomic E-state index is 1.05. The lowest BCUT2D eigenvalue weighted by Gasteiger charge is -2.09. The Morgan fingerprint density at radius 2 is 1.93 bits per heavy atom. The maximum absolute atomic E-state index is 3.46. The molecule has 84 valence electrons. The second kappa shape index (κ2) is 6.85. The SMILES string of the molecule is CNCCCCNc1ccc(Br)cc1C. The highest BCUT2D eigenvalue weighted by atomic mass is 79.9. The first-order valence-electron chi connectivity index (χ1n) is 5.38. The highest BCUT2D eigenvalue weighted by molar-refractivity contribution is 9.10. The third kappa shape index (κ3) is 4.67. The van der Waals surface area contributed by atoms with Crippen molar-refractivity contribution in [1.29, 1.82) is 0 Å². The highest BCUT2D eigenvalue weighted by Crippen LogP contribution is 2.19. The number of benzene rings is 1. The standard InChI is InChI=1S/C12H19BrN2/c1-10-9-11(13)5-6-12(10)15-8-4-3-7-14-2/h5-6,9,14-15H,3-4,7-8H2,1-2H3. The molecule has 1 aromatic rings. The van der Waals surface area contributed by atoms with Gasteiger partial charge < -0.3 is 10.6 Å². The molecule has 0 spiro atoms. The summed E-state index contributed by atoms with van der Waals surface area (Å²) in [5.41, 5.74) is 2.53. The van der Waals surface area contributed by atoms with Crippen LogP contribution >= 0.6 is 15.9 Å². The molecule has 15 heavy (non-hydrogen) atoms. The average molecular weight is 271 g/mol. The lowest BCUT2D eigenvalue weighted by atomic mass is 10.2. The van der Waals surface area contributed by atoms with Gasteiger partial charge in [-0.15, -0.1) is 0 Å². The smallest absolute Gasteiger partial charge is 0.0370 e. The van der Waals surface area contributed by atoms with E-state index in [0.29, 0.717) is 0 Å².